The van der Waals surface area contributed by atoms with Crippen molar-refractivity contribution < 1.29 is 13.5 Å². The molecular weight excluding hydrogens is 202 g/mol. The van der Waals surface area contributed by atoms with Gasteiger partial charge in [-0.05, 0) is 32.1 Å². The Morgan fingerprint density at radius 1 is 1.36 bits per heavy atom. The molecule has 0 atom stereocenters. The summed E-state index contributed by atoms with van der Waals surface area (Å²) in [6, 6.07) is 0. The van der Waals surface area contributed by atoms with E-state index in [1.165, 1.54) is 0 Å². The second-order valence-electron chi connectivity index (χ2n) is 3.76. The Balaban J connectivity index is 2.43. The molecule has 1 fully saturated rings. The van der Waals surface area contributed by atoms with Gasteiger partial charge in [0, 0.05) is 19.7 Å². The van der Waals surface area contributed by atoms with Gasteiger partial charge in [0.1, 0.15) is 0 Å². The van der Waals surface area contributed by atoms with Gasteiger partial charge in [0.2, 0.25) is 10.0 Å². The highest BCUT2D eigenvalue weighted by Crippen LogP contribution is 2.21. The predicted octanol–water partition coefficient (Wildman–Crippen LogP) is 0.430. The molecule has 1 heterocycles. The van der Waals surface area contributed by atoms with Gasteiger partial charge in [-0.2, -0.15) is 0 Å². The maximum absolute atomic E-state index is 11.5. The Bertz CT molecular complexity index is 255. The molecule has 1 saturated heterocycles. The molecule has 0 aromatic carbocycles. The van der Waals surface area contributed by atoms with Gasteiger partial charge < -0.3 is 5.11 Å². The molecule has 0 amide bonds. The minimum absolute atomic E-state index is 0.192. The average Bonchev–Trinajstić information content (AvgIpc) is 2.19. The van der Waals surface area contributed by atoms with Crippen LogP contribution in [0, 0.1) is 5.92 Å². The van der Waals surface area contributed by atoms with Crippen LogP contribution in [0.1, 0.15) is 26.2 Å². The molecule has 0 aromatic rings. The third kappa shape index (κ3) is 2.93. The Morgan fingerprint density at radius 3 is 2.36 bits per heavy atom. The lowest BCUT2D eigenvalue weighted by Crippen LogP contribution is -2.39. The van der Waals surface area contributed by atoms with E-state index in [-0.39, 0.29) is 12.4 Å². The maximum atomic E-state index is 11.5. The first-order chi connectivity index (χ1) is 6.60. The number of hydrogen-bond donors (Lipinski definition) is 1. The van der Waals surface area contributed by atoms with Gasteiger partial charge in [-0.25, -0.2) is 12.7 Å². The molecule has 0 aromatic heterocycles. The average molecular weight is 221 g/mol. The van der Waals surface area contributed by atoms with E-state index >= 15 is 0 Å². The highest BCUT2D eigenvalue weighted by Gasteiger charge is 2.25. The normalized spacial score (nSPS) is 21.3. The van der Waals surface area contributed by atoms with Crippen molar-refractivity contribution in [2.45, 2.75) is 26.2 Å². The second kappa shape index (κ2) is 5.09. The zero-order valence-corrected chi connectivity index (χ0v) is 9.46. The zero-order chi connectivity index (χ0) is 10.6. The fourth-order valence-corrected chi connectivity index (χ4v) is 2.97. The van der Waals surface area contributed by atoms with E-state index in [1.807, 2.05) is 0 Å². The standard InChI is InChI=1S/C9H19NO3S/c1-2-14(12,13)10-6-3-9(4-7-10)5-8-11/h9,11H,2-8H2,1H3. The highest BCUT2D eigenvalue weighted by atomic mass is 32.2. The Labute approximate surface area is 86.0 Å². The van der Waals surface area contributed by atoms with Crippen molar-refractivity contribution >= 4 is 10.0 Å². The van der Waals surface area contributed by atoms with Gasteiger partial charge in [-0.1, -0.05) is 0 Å². The fraction of sp³-hybridized carbons (Fsp3) is 1.00. The zero-order valence-electron chi connectivity index (χ0n) is 8.65. The number of hydrogen-bond acceptors (Lipinski definition) is 3. The molecule has 5 heteroatoms. The monoisotopic (exact) mass is 221 g/mol. The minimum Gasteiger partial charge on any atom is -0.396 e. The first kappa shape index (κ1) is 11.9. The second-order valence-corrected chi connectivity index (χ2v) is 6.01. The van der Waals surface area contributed by atoms with Gasteiger partial charge in [0.25, 0.3) is 0 Å². The van der Waals surface area contributed by atoms with E-state index in [4.69, 9.17) is 5.11 Å². The molecule has 0 saturated carbocycles. The molecule has 4 nitrogen and oxygen atoms in total. The Hall–Kier alpha value is -0.130. The molecule has 0 spiro atoms. The van der Waals surface area contributed by atoms with Crippen molar-refractivity contribution in [2.75, 3.05) is 25.4 Å². The maximum Gasteiger partial charge on any atom is 0.213 e. The third-order valence-electron chi connectivity index (χ3n) is 2.87. The smallest absolute Gasteiger partial charge is 0.213 e. The largest absolute Gasteiger partial charge is 0.396 e. The summed E-state index contributed by atoms with van der Waals surface area (Å²) in [5.41, 5.74) is 0. The number of sulfonamides is 1. The van der Waals surface area contributed by atoms with E-state index in [0.29, 0.717) is 19.0 Å². The lowest BCUT2D eigenvalue weighted by molar-refractivity contribution is 0.208. The van der Waals surface area contributed by atoms with E-state index in [0.717, 1.165) is 19.3 Å². The highest BCUT2D eigenvalue weighted by molar-refractivity contribution is 7.89. The Morgan fingerprint density at radius 2 is 1.93 bits per heavy atom. The lowest BCUT2D eigenvalue weighted by atomic mass is 9.95. The van der Waals surface area contributed by atoms with Gasteiger partial charge in [-0.3, -0.25) is 0 Å². The van der Waals surface area contributed by atoms with Crippen molar-refractivity contribution in [3.63, 3.8) is 0 Å². The Kier molecular flexibility index (Phi) is 4.34. The van der Waals surface area contributed by atoms with Crippen LogP contribution in [0.2, 0.25) is 0 Å². The van der Waals surface area contributed by atoms with Gasteiger partial charge in [0.15, 0.2) is 0 Å². The van der Waals surface area contributed by atoms with Crippen LogP contribution in [-0.2, 0) is 10.0 Å². The van der Waals surface area contributed by atoms with Crippen molar-refractivity contribution in [3.8, 4) is 0 Å². The summed E-state index contributed by atoms with van der Waals surface area (Å²) in [7, 11) is -2.99. The number of rotatable bonds is 4. The minimum atomic E-state index is -2.99. The van der Waals surface area contributed by atoms with Crippen LogP contribution >= 0.6 is 0 Å². The molecule has 1 aliphatic rings. The number of nitrogens with zero attached hydrogens (tertiary/aromatic N) is 1. The van der Waals surface area contributed by atoms with Crippen LogP contribution in [0.3, 0.4) is 0 Å². The van der Waals surface area contributed by atoms with Crippen molar-refractivity contribution in [3.05, 3.63) is 0 Å². The van der Waals surface area contributed by atoms with Crippen LogP contribution in [0.15, 0.2) is 0 Å². The van der Waals surface area contributed by atoms with Crippen LogP contribution in [0.5, 0.6) is 0 Å². The van der Waals surface area contributed by atoms with Crippen LogP contribution in [-0.4, -0.2) is 43.3 Å². The molecule has 0 unspecified atom stereocenters. The SMILES string of the molecule is CCS(=O)(=O)N1CCC(CCO)CC1. The van der Waals surface area contributed by atoms with Gasteiger partial charge in [0.05, 0.1) is 5.75 Å². The summed E-state index contributed by atoms with van der Waals surface area (Å²) in [6.07, 6.45) is 2.58. The topological polar surface area (TPSA) is 57.6 Å². The lowest BCUT2D eigenvalue weighted by Gasteiger charge is -2.30. The molecule has 1 aliphatic heterocycles. The summed E-state index contributed by atoms with van der Waals surface area (Å²) in [5.74, 6) is 0.695. The molecule has 1 rings (SSSR count). The van der Waals surface area contributed by atoms with Gasteiger partial charge in [-0.15, -0.1) is 0 Å². The summed E-state index contributed by atoms with van der Waals surface area (Å²) in [4.78, 5) is 0. The number of aliphatic hydroxyl groups is 1. The van der Waals surface area contributed by atoms with E-state index in [9.17, 15) is 8.42 Å². The summed E-state index contributed by atoms with van der Waals surface area (Å²) in [5, 5.41) is 8.76. The van der Waals surface area contributed by atoms with E-state index in [2.05, 4.69) is 0 Å². The number of piperidine rings is 1. The molecule has 84 valence electrons. The summed E-state index contributed by atoms with van der Waals surface area (Å²) < 4.78 is 24.6. The molecule has 0 aliphatic carbocycles. The van der Waals surface area contributed by atoms with Gasteiger partial charge >= 0.3 is 0 Å². The van der Waals surface area contributed by atoms with Crippen molar-refractivity contribution in [2.24, 2.45) is 5.92 Å². The van der Waals surface area contributed by atoms with Crippen molar-refractivity contribution in [1.29, 1.82) is 0 Å². The van der Waals surface area contributed by atoms with E-state index < -0.39 is 10.0 Å². The van der Waals surface area contributed by atoms with E-state index in [1.54, 1.807) is 11.2 Å². The summed E-state index contributed by atoms with van der Waals surface area (Å²) in [6.45, 7) is 3.14. The van der Waals surface area contributed by atoms with Crippen molar-refractivity contribution in [1.82, 2.24) is 4.31 Å². The molecular formula is C9H19NO3S. The third-order valence-corrected chi connectivity index (χ3v) is 4.75. The first-order valence-corrected chi connectivity index (χ1v) is 6.79. The molecule has 1 N–H and O–H groups in total. The quantitative estimate of drug-likeness (QED) is 0.749. The van der Waals surface area contributed by atoms with Crippen LogP contribution in [0.4, 0.5) is 0 Å². The fourth-order valence-electron chi connectivity index (χ4n) is 1.84. The van der Waals surface area contributed by atoms with Crippen LogP contribution in [0.25, 0.3) is 0 Å². The predicted molar refractivity (Wildman–Crippen MR) is 55.5 cm³/mol. The first-order valence-electron chi connectivity index (χ1n) is 5.19. The molecule has 14 heavy (non-hydrogen) atoms. The van der Waals surface area contributed by atoms with Crippen LogP contribution < -0.4 is 0 Å². The molecule has 0 bridgehead atoms. The summed E-state index contributed by atoms with van der Waals surface area (Å²) >= 11 is 0. The molecule has 0 radical (unpaired) electrons. The number of aliphatic hydroxyl groups excluding tert-OH is 1.